The van der Waals surface area contributed by atoms with E-state index in [0.717, 1.165) is 6.07 Å². The minimum atomic E-state index is -0.435. The fourth-order valence-corrected chi connectivity index (χ4v) is 1.30. The zero-order valence-electron chi connectivity index (χ0n) is 9.84. The third-order valence-electron chi connectivity index (χ3n) is 2.73. The first-order valence-corrected chi connectivity index (χ1v) is 5.39. The van der Waals surface area contributed by atoms with Crippen molar-refractivity contribution in [2.75, 3.05) is 6.61 Å². The molecule has 0 aromatic heterocycles. The number of phenolic OH excluding ortho intramolecular Hbond substituents is 2. The Labute approximate surface area is 99.7 Å². The number of amides is 1. The van der Waals surface area contributed by atoms with Crippen LogP contribution in [0.5, 0.6) is 11.5 Å². The van der Waals surface area contributed by atoms with Gasteiger partial charge in [0.15, 0.2) is 0 Å². The molecule has 0 saturated heterocycles. The van der Waals surface area contributed by atoms with Crippen molar-refractivity contribution in [3.63, 3.8) is 0 Å². The lowest BCUT2D eigenvalue weighted by molar-refractivity contribution is 0.0913. The molecular weight excluding hydrogens is 222 g/mol. The smallest absolute Gasteiger partial charge is 0.255 e. The van der Waals surface area contributed by atoms with Gasteiger partial charge in [0.1, 0.15) is 11.5 Å². The molecule has 2 unspecified atom stereocenters. The Morgan fingerprint density at radius 3 is 2.53 bits per heavy atom. The molecule has 94 valence electrons. The molecule has 1 aromatic rings. The lowest BCUT2D eigenvalue weighted by Crippen LogP contribution is -2.38. The van der Waals surface area contributed by atoms with E-state index < -0.39 is 5.91 Å². The number of aliphatic hydroxyl groups is 1. The van der Waals surface area contributed by atoms with Crippen molar-refractivity contribution >= 4 is 5.91 Å². The molecule has 1 rings (SSSR count). The summed E-state index contributed by atoms with van der Waals surface area (Å²) in [6.45, 7) is 3.56. The van der Waals surface area contributed by atoms with Crippen LogP contribution in [0.4, 0.5) is 0 Å². The highest BCUT2D eigenvalue weighted by molar-refractivity contribution is 5.97. The summed E-state index contributed by atoms with van der Waals surface area (Å²) >= 11 is 0. The third kappa shape index (κ3) is 3.35. The maximum atomic E-state index is 11.8. The Morgan fingerprint density at radius 1 is 1.35 bits per heavy atom. The molecule has 0 spiro atoms. The SMILES string of the molecule is CC(CO)C(C)NC(=O)c1ccc(O)cc1O. The van der Waals surface area contributed by atoms with Crippen molar-refractivity contribution in [1.82, 2.24) is 5.32 Å². The average molecular weight is 239 g/mol. The van der Waals surface area contributed by atoms with Gasteiger partial charge in [0.05, 0.1) is 5.56 Å². The number of carbonyl (C=O) groups excluding carboxylic acids is 1. The Hall–Kier alpha value is -1.75. The Morgan fingerprint density at radius 2 is 2.00 bits per heavy atom. The molecule has 1 aromatic carbocycles. The van der Waals surface area contributed by atoms with Crippen LogP contribution in [0.25, 0.3) is 0 Å². The predicted octanol–water partition coefficient (Wildman–Crippen LogP) is 0.845. The number of nitrogens with one attached hydrogen (secondary N) is 1. The molecular formula is C12H17NO4. The van der Waals surface area contributed by atoms with Gasteiger partial charge in [0.25, 0.3) is 5.91 Å². The quantitative estimate of drug-likeness (QED) is 0.627. The van der Waals surface area contributed by atoms with Crippen LogP contribution in [0.1, 0.15) is 24.2 Å². The van der Waals surface area contributed by atoms with Crippen molar-refractivity contribution in [1.29, 1.82) is 0 Å². The molecule has 1 amide bonds. The van der Waals surface area contributed by atoms with Crippen LogP contribution in [0.2, 0.25) is 0 Å². The molecule has 0 heterocycles. The number of hydrogen-bond donors (Lipinski definition) is 4. The highest BCUT2D eigenvalue weighted by Gasteiger charge is 2.17. The van der Waals surface area contributed by atoms with E-state index in [1.54, 1.807) is 6.92 Å². The maximum absolute atomic E-state index is 11.8. The zero-order chi connectivity index (χ0) is 13.0. The molecule has 17 heavy (non-hydrogen) atoms. The minimum absolute atomic E-state index is 0.0248. The van der Waals surface area contributed by atoms with Crippen LogP contribution in [-0.2, 0) is 0 Å². The second-order valence-corrected chi connectivity index (χ2v) is 4.12. The standard InChI is InChI=1S/C12H17NO4/c1-7(6-14)8(2)13-12(17)10-4-3-9(15)5-11(10)16/h3-5,7-8,14-16H,6H2,1-2H3,(H,13,17). The minimum Gasteiger partial charge on any atom is -0.508 e. The van der Waals surface area contributed by atoms with Gasteiger partial charge in [-0.15, -0.1) is 0 Å². The Kier molecular flexibility index (Phi) is 4.34. The van der Waals surface area contributed by atoms with Gasteiger partial charge in [0.2, 0.25) is 0 Å². The van der Waals surface area contributed by atoms with Gasteiger partial charge in [-0.05, 0) is 25.0 Å². The molecule has 0 bridgehead atoms. The van der Waals surface area contributed by atoms with E-state index in [1.165, 1.54) is 12.1 Å². The zero-order valence-corrected chi connectivity index (χ0v) is 9.84. The lowest BCUT2D eigenvalue weighted by atomic mass is 10.0. The fourth-order valence-electron chi connectivity index (χ4n) is 1.30. The molecule has 2 atom stereocenters. The summed E-state index contributed by atoms with van der Waals surface area (Å²) in [6.07, 6.45) is 0. The van der Waals surface area contributed by atoms with E-state index in [1.807, 2.05) is 6.92 Å². The van der Waals surface area contributed by atoms with Crippen molar-refractivity contribution in [2.45, 2.75) is 19.9 Å². The van der Waals surface area contributed by atoms with Gasteiger partial charge in [-0.25, -0.2) is 0 Å². The van der Waals surface area contributed by atoms with E-state index in [-0.39, 0.29) is 35.6 Å². The average Bonchev–Trinajstić information content (AvgIpc) is 2.27. The first kappa shape index (κ1) is 13.3. The number of rotatable bonds is 4. The van der Waals surface area contributed by atoms with Crippen molar-refractivity contribution in [3.8, 4) is 11.5 Å². The Balaban J connectivity index is 2.76. The molecule has 0 saturated carbocycles. The van der Waals surface area contributed by atoms with Crippen molar-refractivity contribution < 1.29 is 20.1 Å². The summed E-state index contributed by atoms with van der Waals surface area (Å²) in [5.74, 6) is -0.879. The van der Waals surface area contributed by atoms with Crippen LogP contribution in [0.15, 0.2) is 18.2 Å². The molecule has 0 radical (unpaired) electrons. The first-order valence-electron chi connectivity index (χ1n) is 5.39. The maximum Gasteiger partial charge on any atom is 0.255 e. The second-order valence-electron chi connectivity index (χ2n) is 4.12. The fraction of sp³-hybridized carbons (Fsp3) is 0.417. The van der Waals surface area contributed by atoms with Crippen LogP contribution < -0.4 is 5.32 Å². The number of carbonyl (C=O) groups is 1. The number of aliphatic hydroxyl groups excluding tert-OH is 1. The highest BCUT2D eigenvalue weighted by Crippen LogP contribution is 2.22. The lowest BCUT2D eigenvalue weighted by Gasteiger charge is -2.19. The van der Waals surface area contributed by atoms with Crippen molar-refractivity contribution in [3.05, 3.63) is 23.8 Å². The van der Waals surface area contributed by atoms with Gasteiger partial charge >= 0.3 is 0 Å². The Bertz CT molecular complexity index is 405. The summed E-state index contributed by atoms with van der Waals surface area (Å²) in [6, 6.07) is 3.57. The van der Waals surface area contributed by atoms with E-state index >= 15 is 0 Å². The van der Waals surface area contributed by atoms with E-state index in [2.05, 4.69) is 5.32 Å². The molecule has 5 nitrogen and oxygen atoms in total. The summed E-state index contributed by atoms with van der Waals surface area (Å²) in [7, 11) is 0. The number of phenols is 2. The molecule has 0 aliphatic rings. The van der Waals surface area contributed by atoms with Crippen LogP contribution in [-0.4, -0.2) is 33.9 Å². The van der Waals surface area contributed by atoms with Gasteiger partial charge in [0, 0.05) is 18.7 Å². The monoisotopic (exact) mass is 239 g/mol. The largest absolute Gasteiger partial charge is 0.508 e. The predicted molar refractivity (Wildman–Crippen MR) is 62.9 cm³/mol. The van der Waals surface area contributed by atoms with Crippen LogP contribution >= 0.6 is 0 Å². The summed E-state index contributed by atoms with van der Waals surface area (Å²) < 4.78 is 0. The highest BCUT2D eigenvalue weighted by atomic mass is 16.3. The number of benzene rings is 1. The molecule has 4 N–H and O–H groups in total. The second kappa shape index (κ2) is 5.54. The third-order valence-corrected chi connectivity index (χ3v) is 2.73. The van der Waals surface area contributed by atoms with Gasteiger partial charge in [-0.1, -0.05) is 6.92 Å². The van der Waals surface area contributed by atoms with Crippen molar-refractivity contribution in [2.24, 2.45) is 5.92 Å². The van der Waals surface area contributed by atoms with Crippen LogP contribution in [0.3, 0.4) is 0 Å². The molecule has 0 aliphatic carbocycles. The molecule has 5 heteroatoms. The van der Waals surface area contributed by atoms with Gasteiger partial charge in [-0.3, -0.25) is 4.79 Å². The number of aromatic hydroxyl groups is 2. The molecule has 0 fully saturated rings. The first-order chi connectivity index (χ1) is 7.95. The van der Waals surface area contributed by atoms with E-state index in [9.17, 15) is 9.90 Å². The van der Waals surface area contributed by atoms with Gasteiger partial charge in [-0.2, -0.15) is 0 Å². The molecule has 0 aliphatic heterocycles. The topological polar surface area (TPSA) is 89.8 Å². The van der Waals surface area contributed by atoms with E-state index in [4.69, 9.17) is 10.2 Å². The van der Waals surface area contributed by atoms with Crippen LogP contribution in [0, 0.1) is 5.92 Å². The summed E-state index contributed by atoms with van der Waals surface area (Å²) in [4.78, 5) is 11.8. The van der Waals surface area contributed by atoms with E-state index in [0.29, 0.717) is 0 Å². The normalized spacial score (nSPS) is 14.1. The summed E-state index contributed by atoms with van der Waals surface area (Å²) in [5.41, 5.74) is 0.0970. The van der Waals surface area contributed by atoms with Gasteiger partial charge < -0.3 is 20.6 Å². The summed E-state index contributed by atoms with van der Waals surface area (Å²) in [5, 5.41) is 30.2. The number of hydrogen-bond acceptors (Lipinski definition) is 4.